The summed E-state index contributed by atoms with van der Waals surface area (Å²) >= 11 is 11.9. The molecule has 1 N–H and O–H groups in total. The smallest absolute Gasteiger partial charge is 0.254 e. The maximum atomic E-state index is 13.0. The summed E-state index contributed by atoms with van der Waals surface area (Å²) in [4.78, 5) is 21.3. The number of benzene rings is 1. The molecule has 1 amide bonds. The van der Waals surface area contributed by atoms with Crippen molar-refractivity contribution in [3.63, 3.8) is 0 Å². The number of ether oxygens (including phenoxy) is 1. The first-order chi connectivity index (χ1) is 15.9. The van der Waals surface area contributed by atoms with Crippen LogP contribution in [-0.2, 0) is 12.8 Å². The first-order valence-electron chi connectivity index (χ1n) is 11.6. The molecule has 0 atom stereocenters. The molecule has 0 saturated carbocycles. The first-order valence-corrected chi connectivity index (χ1v) is 12.4. The van der Waals surface area contributed by atoms with Gasteiger partial charge in [-0.15, -0.1) is 0 Å². The summed E-state index contributed by atoms with van der Waals surface area (Å²) in [5.74, 6) is 0.345. The minimum atomic E-state index is -0.0136. The number of amides is 1. The molecule has 2 aliphatic heterocycles. The molecule has 2 aromatic rings. The number of carbonyl (C=O) groups excluding carboxylic acids is 1. The largest absolute Gasteiger partial charge is 0.481 e. The number of piperidine rings is 1. The van der Waals surface area contributed by atoms with Crippen LogP contribution in [0.4, 0.5) is 0 Å². The average Bonchev–Trinajstić information content (AvgIpc) is 3.42. The number of thiocarbonyl (C=S) groups is 1. The van der Waals surface area contributed by atoms with Gasteiger partial charge in [0, 0.05) is 43.9 Å². The van der Waals surface area contributed by atoms with Crippen LogP contribution in [0.5, 0.6) is 5.88 Å². The number of rotatable bonds is 3. The van der Waals surface area contributed by atoms with Crippen LogP contribution in [0.1, 0.15) is 40.7 Å². The van der Waals surface area contributed by atoms with Crippen molar-refractivity contribution in [2.45, 2.75) is 38.1 Å². The minimum Gasteiger partial charge on any atom is -0.481 e. The molecule has 0 bridgehead atoms. The van der Waals surface area contributed by atoms with Gasteiger partial charge in [0.15, 0.2) is 5.11 Å². The van der Waals surface area contributed by atoms with Crippen LogP contribution < -0.4 is 10.1 Å². The fourth-order valence-electron chi connectivity index (χ4n) is 5.51. The van der Waals surface area contributed by atoms with Crippen molar-refractivity contribution in [3.8, 4) is 5.88 Å². The van der Waals surface area contributed by atoms with Gasteiger partial charge in [-0.25, -0.2) is 4.98 Å². The molecule has 1 aromatic carbocycles. The normalized spacial score (nSPS) is 19.6. The third-order valence-corrected chi connectivity index (χ3v) is 8.01. The number of nitrogens with one attached hydrogen (secondary N) is 1. The van der Waals surface area contributed by atoms with Crippen molar-refractivity contribution in [1.82, 2.24) is 20.1 Å². The molecule has 6 nitrogen and oxygen atoms in total. The molecular weight excluding hydrogens is 456 g/mol. The summed E-state index contributed by atoms with van der Waals surface area (Å²) in [6.07, 6.45) is 5.17. The molecule has 2 saturated heterocycles. The monoisotopic (exact) mass is 484 g/mol. The maximum absolute atomic E-state index is 13.0. The molecule has 3 aliphatic rings. The summed E-state index contributed by atoms with van der Waals surface area (Å²) in [5, 5.41) is 4.76. The SMILES string of the molecule is COc1cc(C(=O)N2CCC3(CC2)CCN(C(=S)NC2Cc4ccccc4C2)C3)cc(Cl)n1. The number of hydrogen-bond donors (Lipinski definition) is 1. The lowest BCUT2D eigenvalue weighted by Crippen LogP contribution is -2.47. The second-order valence-corrected chi connectivity index (χ2v) is 10.3. The number of nitrogens with zero attached hydrogens (tertiary/aromatic N) is 3. The highest BCUT2D eigenvalue weighted by Gasteiger charge is 2.42. The van der Waals surface area contributed by atoms with Gasteiger partial charge >= 0.3 is 0 Å². The maximum Gasteiger partial charge on any atom is 0.254 e. The van der Waals surface area contributed by atoms with Gasteiger partial charge in [0.25, 0.3) is 5.91 Å². The van der Waals surface area contributed by atoms with Crippen LogP contribution in [0.2, 0.25) is 5.15 Å². The molecule has 3 heterocycles. The highest BCUT2D eigenvalue weighted by Crippen LogP contribution is 2.41. The number of carbonyl (C=O) groups is 1. The second-order valence-electron chi connectivity index (χ2n) is 9.51. The van der Waals surface area contributed by atoms with Gasteiger partial charge in [0.1, 0.15) is 5.15 Å². The van der Waals surface area contributed by atoms with E-state index in [2.05, 4.69) is 39.5 Å². The number of aromatic nitrogens is 1. The van der Waals surface area contributed by atoms with Gasteiger partial charge in [0.05, 0.1) is 7.11 Å². The van der Waals surface area contributed by atoms with Crippen molar-refractivity contribution in [3.05, 3.63) is 58.2 Å². The molecule has 1 spiro atoms. The van der Waals surface area contributed by atoms with E-state index in [-0.39, 0.29) is 16.5 Å². The van der Waals surface area contributed by atoms with Gasteiger partial charge < -0.3 is 19.9 Å². The van der Waals surface area contributed by atoms with Crippen molar-refractivity contribution in [2.24, 2.45) is 5.41 Å². The Hall–Kier alpha value is -2.38. The van der Waals surface area contributed by atoms with Gasteiger partial charge in [-0.2, -0.15) is 0 Å². The van der Waals surface area contributed by atoms with Crippen LogP contribution in [0, 0.1) is 5.41 Å². The lowest BCUT2D eigenvalue weighted by atomic mass is 9.77. The van der Waals surface area contributed by atoms with E-state index in [0.29, 0.717) is 17.5 Å². The predicted molar refractivity (Wildman–Crippen MR) is 133 cm³/mol. The summed E-state index contributed by atoms with van der Waals surface area (Å²) in [6.45, 7) is 3.44. The quantitative estimate of drug-likeness (QED) is 0.529. The van der Waals surface area contributed by atoms with Crippen molar-refractivity contribution in [1.29, 1.82) is 0 Å². The Bertz CT molecular complexity index is 1050. The number of hydrogen-bond acceptors (Lipinski definition) is 4. The number of halogens is 1. The summed E-state index contributed by atoms with van der Waals surface area (Å²) < 4.78 is 5.16. The standard InChI is InChI=1S/C25H29ClN4O2S/c1-32-22-15-19(14-21(26)28-22)23(31)29-9-6-25(7-10-29)8-11-30(16-25)24(33)27-20-12-17-4-2-3-5-18(17)13-20/h2-5,14-15,20H,6-13,16H2,1H3,(H,27,33). The van der Waals surface area contributed by atoms with E-state index in [0.717, 1.165) is 63.4 Å². The Balaban J connectivity index is 1.15. The third-order valence-electron chi connectivity index (χ3n) is 7.44. The van der Waals surface area contributed by atoms with Crippen molar-refractivity contribution >= 4 is 34.8 Å². The first kappa shape index (κ1) is 22.4. The zero-order valence-corrected chi connectivity index (χ0v) is 20.4. The Morgan fingerprint density at radius 3 is 2.39 bits per heavy atom. The summed E-state index contributed by atoms with van der Waals surface area (Å²) in [5.41, 5.74) is 3.62. The summed E-state index contributed by atoms with van der Waals surface area (Å²) in [6, 6.07) is 12.3. The van der Waals surface area contributed by atoms with Crippen LogP contribution in [0.3, 0.4) is 0 Å². The third kappa shape index (κ3) is 4.66. The number of likely N-dealkylation sites (tertiary alicyclic amines) is 2. The molecule has 5 rings (SSSR count). The van der Waals surface area contributed by atoms with Gasteiger partial charge in [0.2, 0.25) is 5.88 Å². The highest BCUT2D eigenvalue weighted by atomic mass is 35.5. The van der Waals surface area contributed by atoms with E-state index < -0.39 is 0 Å². The van der Waals surface area contributed by atoms with E-state index in [1.165, 1.54) is 18.2 Å². The molecule has 174 valence electrons. The molecule has 0 radical (unpaired) electrons. The van der Waals surface area contributed by atoms with Crippen LogP contribution >= 0.6 is 23.8 Å². The van der Waals surface area contributed by atoms with E-state index in [1.54, 1.807) is 12.1 Å². The van der Waals surface area contributed by atoms with Crippen LogP contribution in [0.15, 0.2) is 36.4 Å². The molecule has 1 aromatic heterocycles. The minimum absolute atomic E-state index is 0.0136. The predicted octanol–water partition coefficient (Wildman–Crippen LogP) is 3.71. The Morgan fingerprint density at radius 2 is 1.76 bits per heavy atom. The summed E-state index contributed by atoms with van der Waals surface area (Å²) in [7, 11) is 1.52. The zero-order valence-electron chi connectivity index (χ0n) is 18.8. The molecule has 0 unspecified atom stereocenters. The average molecular weight is 485 g/mol. The second kappa shape index (κ2) is 9.11. The number of fused-ring (bicyclic) bond motifs is 1. The zero-order chi connectivity index (χ0) is 23.0. The van der Waals surface area contributed by atoms with Crippen LogP contribution in [0.25, 0.3) is 0 Å². The molecule has 2 fully saturated rings. The van der Waals surface area contributed by atoms with E-state index >= 15 is 0 Å². The van der Waals surface area contributed by atoms with Gasteiger partial charge in [-0.05, 0) is 66.9 Å². The van der Waals surface area contributed by atoms with E-state index in [4.69, 9.17) is 28.6 Å². The lowest BCUT2D eigenvalue weighted by molar-refractivity contribution is 0.0598. The molecular formula is C25H29ClN4O2S. The van der Waals surface area contributed by atoms with E-state index in [1.807, 2.05) is 4.90 Å². The number of methoxy groups -OCH3 is 1. The van der Waals surface area contributed by atoms with Crippen molar-refractivity contribution in [2.75, 3.05) is 33.3 Å². The Labute approximate surface area is 205 Å². The van der Waals surface area contributed by atoms with Crippen molar-refractivity contribution < 1.29 is 9.53 Å². The highest BCUT2D eigenvalue weighted by molar-refractivity contribution is 7.80. The fourth-order valence-corrected chi connectivity index (χ4v) is 6.03. The lowest BCUT2D eigenvalue weighted by Gasteiger charge is -2.39. The van der Waals surface area contributed by atoms with E-state index in [9.17, 15) is 4.79 Å². The Morgan fingerprint density at radius 1 is 1.12 bits per heavy atom. The molecule has 8 heteroatoms. The van der Waals surface area contributed by atoms with Crippen LogP contribution in [-0.4, -0.2) is 65.1 Å². The topological polar surface area (TPSA) is 57.7 Å². The van der Waals surface area contributed by atoms with Gasteiger partial charge in [-0.1, -0.05) is 35.9 Å². The molecule has 33 heavy (non-hydrogen) atoms. The fraction of sp³-hybridized carbons (Fsp3) is 0.480. The Kier molecular flexibility index (Phi) is 6.18. The van der Waals surface area contributed by atoms with Gasteiger partial charge in [-0.3, -0.25) is 4.79 Å². The molecule has 1 aliphatic carbocycles. The number of pyridine rings is 1.